The van der Waals surface area contributed by atoms with Gasteiger partial charge in [-0.1, -0.05) is 0 Å². The second-order valence-electron chi connectivity index (χ2n) is 3.43. The first-order valence-corrected chi connectivity index (χ1v) is 4.81. The molecule has 19 heavy (non-hydrogen) atoms. The van der Waals surface area contributed by atoms with Crippen molar-refractivity contribution in [3.8, 4) is 5.75 Å². The van der Waals surface area contributed by atoms with Crippen molar-refractivity contribution in [3.05, 3.63) is 23.0 Å². The fourth-order valence-corrected chi connectivity index (χ4v) is 1.46. The number of esters is 1. The van der Waals surface area contributed by atoms with E-state index < -0.39 is 47.6 Å². The molecule has 1 aromatic heterocycles. The molecule has 1 rings (SSSR count). The molecule has 0 saturated heterocycles. The summed E-state index contributed by atoms with van der Waals surface area (Å²) in [5.74, 6) is -2.48. The quantitative estimate of drug-likeness (QED) is 0.684. The van der Waals surface area contributed by atoms with Gasteiger partial charge in [0.2, 0.25) is 0 Å². The Labute approximate surface area is 103 Å². The zero-order valence-corrected chi connectivity index (χ0v) is 9.46. The Morgan fingerprint density at radius 1 is 1.47 bits per heavy atom. The van der Waals surface area contributed by atoms with E-state index >= 15 is 0 Å². The number of hydrogen-bond donors (Lipinski definition) is 1. The second kappa shape index (κ2) is 5.37. The highest BCUT2D eigenvalue weighted by Gasteiger charge is 2.39. The van der Waals surface area contributed by atoms with E-state index in [2.05, 4.69) is 9.72 Å². The summed E-state index contributed by atoms with van der Waals surface area (Å²) in [6.45, 7) is 0. The largest absolute Gasteiger partial charge is 0.506 e. The van der Waals surface area contributed by atoms with Crippen LogP contribution in [0.3, 0.4) is 0 Å². The lowest BCUT2D eigenvalue weighted by Gasteiger charge is -2.16. The average Bonchev–Trinajstić information content (AvgIpc) is 2.26. The van der Waals surface area contributed by atoms with Gasteiger partial charge in [0.1, 0.15) is 17.0 Å². The summed E-state index contributed by atoms with van der Waals surface area (Å²) in [5, 5.41) is 9.14. The van der Waals surface area contributed by atoms with Crippen molar-refractivity contribution >= 4 is 5.97 Å². The van der Waals surface area contributed by atoms with Crippen LogP contribution in [0, 0.1) is 0 Å². The van der Waals surface area contributed by atoms with Crippen LogP contribution in [-0.2, 0) is 22.1 Å². The molecule has 0 aliphatic heterocycles. The van der Waals surface area contributed by atoms with Crippen molar-refractivity contribution in [2.75, 3.05) is 7.11 Å². The van der Waals surface area contributed by atoms with E-state index in [0.29, 0.717) is 0 Å². The van der Waals surface area contributed by atoms with Gasteiger partial charge in [0.15, 0.2) is 0 Å². The number of aromatic nitrogens is 1. The Morgan fingerprint density at radius 2 is 2.05 bits per heavy atom. The van der Waals surface area contributed by atoms with Gasteiger partial charge >= 0.3 is 12.1 Å². The van der Waals surface area contributed by atoms with Gasteiger partial charge in [-0.25, -0.2) is 8.78 Å². The number of rotatable bonds is 3. The molecule has 106 valence electrons. The molecule has 0 aliphatic rings. The number of methoxy groups -OCH3 is 1. The monoisotopic (exact) mass is 285 g/mol. The number of halogens is 5. The minimum Gasteiger partial charge on any atom is -0.506 e. The van der Waals surface area contributed by atoms with Crippen molar-refractivity contribution in [1.82, 2.24) is 4.98 Å². The van der Waals surface area contributed by atoms with Gasteiger partial charge in [0.05, 0.1) is 19.7 Å². The van der Waals surface area contributed by atoms with Crippen molar-refractivity contribution in [2.45, 2.75) is 19.0 Å². The molecule has 0 radical (unpaired) electrons. The van der Waals surface area contributed by atoms with Crippen LogP contribution in [-0.4, -0.2) is 23.2 Å². The Bertz CT molecular complexity index is 487. The molecular formula is C10H8F5NO3. The van der Waals surface area contributed by atoms with Gasteiger partial charge in [-0.2, -0.15) is 13.2 Å². The highest BCUT2D eigenvalue weighted by atomic mass is 19.4. The Kier molecular flexibility index (Phi) is 4.28. The standard InChI is InChI=1S/C10H8F5NO3/c1-19-6(18)2-4-7(10(13,14)15)5(17)3-16-8(4)9(11)12/h3,9,17H,2H2,1H3. The summed E-state index contributed by atoms with van der Waals surface area (Å²) in [6, 6.07) is 0. The molecule has 4 nitrogen and oxygen atoms in total. The van der Waals surface area contributed by atoms with E-state index in [0.717, 1.165) is 7.11 Å². The molecule has 0 bridgehead atoms. The molecule has 1 heterocycles. The highest BCUT2D eigenvalue weighted by Crippen LogP contribution is 2.40. The summed E-state index contributed by atoms with van der Waals surface area (Å²) in [4.78, 5) is 14.0. The topological polar surface area (TPSA) is 59.4 Å². The summed E-state index contributed by atoms with van der Waals surface area (Å²) >= 11 is 0. The van der Waals surface area contributed by atoms with E-state index in [9.17, 15) is 26.7 Å². The molecule has 0 saturated carbocycles. The van der Waals surface area contributed by atoms with Crippen LogP contribution in [0.4, 0.5) is 22.0 Å². The van der Waals surface area contributed by atoms with Crippen LogP contribution in [0.25, 0.3) is 0 Å². The highest BCUT2D eigenvalue weighted by molar-refractivity contribution is 5.73. The predicted octanol–water partition coefficient (Wildman–Crippen LogP) is 2.46. The third-order valence-corrected chi connectivity index (χ3v) is 2.23. The smallest absolute Gasteiger partial charge is 0.420 e. The number of carbonyl (C=O) groups excluding carboxylic acids is 1. The van der Waals surface area contributed by atoms with Gasteiger partial charge in [0, 0.05) is 5.56 Å². The van der Waals surface area contributed by atoms with Crippen molar-refractivity contribution < 1.29 is 36.6 Å². The van der Waals surface area contributed by atoms with Crippen molar-refractivity contribution in [2.24, 2.45) is 0 Å². The van der Waals surface area contributed by atoms with E-state index in [4.69, 9.17) is 5.11 Å². The summed E-state index contributed by atoms with van der Waals surface area (Å²) in [5.41, 5.74) is -4.01. The molecule has 0 spiro atoms. The fraction of sp³-hybridized carbons (Fsp3) is 0.400. The van der Waals surface area contributed by atoms with Gasteiger partial charge in [-0.3, -0.25) is 9.78 Å². The maximum absolute atomic E-state index is 12.7. The zero-order chi connectivity index (χ0) is 14.8. The van der Waals surface area contributed by atoms with Crippen LogP contribution < -0.4 is 0 Å². The first-order chi connectivity index (χ1) is 8.68. The Hall–Kier alpha value is -1.93. The minimum absolute atomic E-state index is 0.269. The minimum atomic E-state index is -5.10. The summed E-state index contributed by atoms with van der Waals surface area (Å²) < 4.78 is 67.5. The molecule has 0 aromatic carbocycles. The Balaban J connectivity index is 3.50. The first kappa shape index (κ1) is 15.1. The predicted molar refractivity (Wildman–Crippen MR) is 51.6 cm³/mol. The van der Waals surface area contributed by atoms with Crippen LogP contribution in [0.15, 0.2) is 6.20 Å². The molecule has 1 N–H and O–H groups in total. The SMILES string of the molecule is COC(=O)Cc1c(C(F)F)ncc(O)c1C(F)(F)F. The number of ether oxygens (including phenoxy) is 1. The second-order valence-corrected chi connectivity index (χ2v) is 3.43. The van der Waals surface area contributed by atoms with E-state index in [-0.39, 0.29) is 6.20 Å². The Morgan fingerprint density at radius 3 is 2.47 bits per heavy atom. The molecule has 1 aromatic rings. The molecule has 0 amide bonds. The summed E-state index contributed by atoms with van der Waals surface area (Å²) in [6.07, 6.45) is -9.21. The molecular weight excluding hydrogens is 277 g/mol. The maximum Gasteiger partial charge on any atom is 0.420 e. The van der Waals surface area contributed by atoms with E-state index in [1.807, 2.05) is 0 Å². The van der Waals surface area contributed by atoms with Crippen LogP contribution in [0.2, 0.25) is 0 Å². The lowest BCUT2D eigenvalue weighted by Crippen LogP contribution is -2.17. The molecule has 0 aliphatic carbocycles. The van der Waals surface area contributed by atoms with Gasteiger partial charge in [-0.15, -0.1) is 0 Å². The number of hydrogen-bond acceptors (Lipinski definition) is 4. The molecule has 0 fully saturated rings. The third-order valence-electron chi connectivity index (χ3n) is 2.23. The van der Waals surface area contributed by atoms with Crippen LogP contribution in [0.5, 0.6) is 5.75 Å². The lowest BCUT2D eigenvalue weighted by atomic mass is 10.0. The van der Waals surface area contributed by atoms with Crippen LogP contribution >= 0.6 is 0 Å². The van der Waals surface area contributed by atoms with Gasteiger partial charge in [0.25, 0.3) is 6.43 Å². The van der Waals surface area contributed by atoms with E-state index in [1.165, 1.54) is 0 Å². The third kappa shape index (κ3) is 3.30. The number of carbonyl (C=O) groups is 1. The average molecular weight is 285 g/mol. The normalized spacial score (nSPS) is 11.7. The molecule has 0 unspecified atom stereocenters. The van der Waals surface area contributed by atoms with Crippen LogP contribution in [0.1, 0.15) is 23.2 Å². The van der Waals surface area contributed by atoms with Crippen molar-refractivity contribution in [3.63, 3.8) is 0 Å². The van der Waals surface area contributed by atoms with Gasteiger partial charge in [-0.05, 0) is 0 Å². The summed E-state index contributed by atoms with van der Waals surface area (Å²) in [7, 11) is 0.897. The maximum atomic E-state index is 12.7. The fourth-order valence-electron chi connectivity index (χ4n) is 1.46. The number of aromatic hydroxyl groups is 1. The number of nitrogens with zero attached hydrogens (tertiary/aromatic N) is 1. The first-order valence-electron chi connectivity index (χ1n) is 4.81. The van der Waals surface area contributed by atoms with Crippen molar-refractivity contribution in [1.29, 1.82) is 0 Å². The van der Waals surface area contributed by atoms with E-state index in [1.54, 1.807) is 0 Å². The zero-order valence-electron chi connectivity index (χ0n) is 9.46. The number of alkyl halides is 5. The van der Waals surface area contributed by atoms with Gasteiger partial charge < -0.3 is 9.84 Å². The molecule has 9 heteroatoms. The lowest BCUT2D eigenvalue weighted by molar-refractivity contribution is -0.142. The molecule has 0 atom stereocenters. The number of pyridine rings is 1.